The van der Waals surface area contributed by atoms with Crippen molar-refractivity contribution in [2.45, 2.75) is 13.0 Å². The molecule has 0 spiro atoms. The summed E-state index contributed by atoms with van der Waals surface area (Å²) in [6, 6.07) is 9.42. The highest BCUT2D eigenvalue weighted by molar-refractivity contribution is 7.16. The van der Waals surface area contributed by atoms with Gasteiger partial charge < -0.3 is 9.84 Å². The summed E-state index contributed by atoms with van der Waals surface area (Å²) in [6.45, 7) is 1.79. The molecule has 2 aromatic heterocycles. The molecular weight excluding hydrogens is 288 g/mol. The molecule has 0 bridgehead atoms. The zero-order valence-electron chi connectivity index (χ0n) is 11.2. The smallest absolute Gasteiger partial charge is 0.263 e. The number of hydrogen-bond donors (Lipinski definition) is 1. The first kappa shape index (κ1) is 13.4. The fourth-order valence-electron chi connectivity index (χ4n) is 1.80. The van der Waals surface area contributed by atoms with Gasteiger partial charge in [0.25, 0.3) is 5.91 Å². The molecule has 0 saturated heterocycles. The van der Waals surface area contributed by atoms with Crippen molar-refractivity contribution in [3.8, 4) is 10.6 Å². The van der Waals surface area contributed by atoms with Gasteiger partial charge in [-0.15, -0.1) is 11.3 Å². The molecule has 0 saturated carbocycles. The molecule has 0 aliphatic carbocycles. The number of nitrogens with one attached hydrogen (secondary N) is 1. The maximum atomic E-state index is 12.2. The number of nitrogens with zero attached hydrogens (tertiary/aromatic N) is 3. The second-order valence-corrected chi connectivity index (χ2v) is 5.41. The van der Waals surface area contributed by atoms with Gasteiger partial charge in [0.05, 0.1) is 12.2 Å². The van der Waals surface area contributed by atoms with Gasteiger partial charge >= 0.3 is 0 Å². The number of thiazole rings is 1. The number of benzene rings is 1. The molecule has 1 atom stereocenters. The van der Waals surface area contributed by atoms with Crippen molar-refractivity contribution in [2.24, 2.45) is 0 Å². The van der Waals surface area contributed by atoms with Crippen LogP contribution in [0.5, 0.6) is 0 Å². The van der Waals surface area contributed by atoms with Gasteiger partial charge in [-0.3, -0.25) is 4.79 Å². The van der Waals surface area contributed by atoms with Crippen molar-refractivity contribution in [3.63, 3.8) is 0 Å². The van der Waals surface area contributed by atoms with Gasteiger partial charge in [0.1, 0.15) is 9.88 Å². The SMILES string of the molecule is CC(NC(=O)c1cnc(-c2ccccc2)s1)c1ncon1. The van der Waals surface area contributed by atoms with Crippen LogP contribution in [0.4, 0.5) is 0 Å². The molecule has 7 heteroatoms. The van der Waals surface area contributed by atoms with E-state index in [1.165, 1.54) is 17.7 Å². The topological polar surface area (TPSA) is 80.9 Å². The minimum absolute atomic E-state index is 0.202. The number of rotatable bonds is 4. The summed E-state index contributed by atoms with van der Waals surface area (Å²) in [6.07, 6.45) is 2.81. The molecule has 106 valence electrons. The van der Waals surface area contributed by atoms with Crippen LogP contribution in [-0.4, -0.2) is 21.0 Å². The summed E-state index contributed by atoms with van der Waals surface area (Å²) in [5, 5.41) is 7.33. The van der Waals surface area contributed by atoms with Gasteiger partial charge in [-0.25, -0.2) is 4.98 Å². The van der Waals surface area contributed by atoms with E-state index in [2.05, 4.69) is 25.0 Å². The zero-order valence-corrected chi connectivity index (χ0v) is 12.0. The highest BCUT2D eigenvalue weighted by Crippen LogP contribution is 2.25. The van der Waals surface area contributed by atoms with Crippen LogP contribution < -0.4 is 5.32 Å². The van der Waals surface area contributed by atoms with Crippen LogP contribution in [-0.2, 0) is 0 Å². The second-order valence-electron chi connectivity index (χ2n) is 4.38. The summed E-state index contributed by atoms with van der Waals surface area (Å²) in [7, 11) is 0. The Morgan fingerprint density at radius 1 is 1.29 bits per heavy atom. The van der Waals surface area contributed by atoms with Crippen molar-refractivity contribution < 1.29 is 9.32 Å². The Hall–Kier alpha value is -2.54. The maximum Gasteiger partial charge on any atom is 0.263 e. The van der Waals surface area contributed by atoms with Crippen LogP contribution in [0.2, 0.25) is 0 Å². The van der Waals surface area contributed by atoms with Crippen molar-refractivity contribution in [1.29, 1.82) is 0 Å². The largest absolute Gasteiger partial charge is 0.343 e. The highest BCUT2D eigenvalue weighted by atomic mass is 32.1. The molecule has 0 aliphatic rings. The first-order chi connectivity index (χ1) is 10.2. The third-order valence-electron chi connectivity index (χ3n) is 2.86. The molecule has 1 unspecified atom stereocenters. The highest BCUT2D eigenvalue weighted by Gasteiger charge is 2.17. The van der Waals surface area contributed by atoms with Crippen molar-refractivity contribution in [1.82, 2.24) is 20.4 Å². The van der Waals surface area contributed by atoms with Crippen LogP contribution in [0.3, 0.4) is 0 Å². The Morgan fingerprint density at radius 2 is 2.10 bits per heavy atom. The predicted molar refractivity (Wildman–Crippen MR) is 77.7 cm³/mol. The maximum absolute atomic E-state index is 12.2. The van der Waals surface area contributed by atoms with Crippen LogP contribution >= 0.6 is 11.3 Å². The van der Waals surface area contributed by atoms with Gasteiger partial charge in [0.15, 0.2) is 5.82 Å². The lowest BCUT2D eigenvalue weighted by atomic mass is 10.2. The lowest BCUT2D eigenvalue weighted by molar-refractivity contribution is 0.0942. The summed E-state index contributed by atoms with van der Waals surface area (Å²) in [5.74, 6) is 0.239. The predicted octanol–water partition coefficient (Wildman–Crippen LogP) is 2.68. The molecule has 21 heavy (non-hydrogen) atoms. The second kappa shape index (κ2) is 5.84. The molecule has 0 aliphatic heterocycles. The first-order valence-electron chi connectivity index (χ1n) is 6.32. The van der Waals surface area contributed by atoms with Crippen LogP contribution in [0, 0.1) is 0 Å². The van der Waals surface area contributed by atoms with E-state index in [-0.39, 0.29) is 11.9 Å². The van der Waals surface area contributed by atoms with Crippen LogP contribution in [0.25, 0.3) is 10.6 Å². The molecule has 3 rings (SSSR count). The Bertz CT molecular complexity index is 725. The van der Waals surface area contributed by atoms with Crippen molar-refractivity contribution >= 4 is 17.2 Å². The quantitative estimate of drug-likeness (QED) is 0.801. The van der Waals surface area contributed by atoms with Gasteiger partial charge in [0, 0.05) is 5.56 Å². The summed E-state index contributed by atoms with van der Waals surface area (Å²) in [5.41, 5.74) is 0.993. The van der Waals surface area contributed by atoms with E-state index in [1.54, 1.807) is 13.1 Å². The van der Waals surface area contributed by atoms with Crippen molar-refractivity contribution in [3.05, 3.63) is 53.6 Å². The van der Waals surface area contributed by atoms with E-state index in [4.69, 9.17) is 0 Å². The average Bonchev–Trinajstić information content (AvgIpc) is 3.20. The number of aromatic nitrogens is 3. The fourth-order valence-corrected chi connectivity index (χ4v) is 2.62. The Balaban J connectivity index is 1.73. The van der Waals surface area contributed by atoms with E-state index in [0.717, 1.165) is 10.6 Å². The number of carbonyl (C=O) groups is 1. The van der Waals surface area contributed by atoms with E-state index in [0.29, 0.717) is 10.7 Å². The fraction of sp³-hybridized carbons (Fsp3) is 0.143. The van der Waals surface area contributed by atoms with Gasteiger partial charge in [0.2, 0.25) is 6.39 Å². The Kier molecular flexibility index (Phi) is 3.74. The van der Waals surface area contributed by atoms with Gasteiger partial charge in [-0.05, 0) is 6.92 Å². The number of carbonyl (C=O) groups excluding carboxylic acids is 1. The van der Waals surface area contributed by atoms with Crippen LogP contribution in [0.1, 0.15) is 28.5 Å². The molecule has 1 aromatic carbocycles. The zero-order chi connectivity index (χ0) is 14.7. The molecule has 0 fully saturated rings. The lowest BCUT2D eigenvalue weighted by Gasteiger charge is -2.07. The summed E-state index contributed by atoms with van der Waals surface area (Å²) < 4.78 is 4.66. The summed E-state index contributed by atoms with van der Waals surface area (Å²) >= 11 is 1.35. The molecular formula is C14H12N4O2S. The molecule has 2 heterocycles. The normalized spacial score (nSPS) is 12.0. The van der Waals surface area contributed by atoms with E-state index < -0.39 is 0 Å². The third kappa shape index (κ3) is 2.97. The molecule has 6 nitrogen and oxygen atoms in total. The minimum atomic E-state index is -0.321. The van der Waals surface area contributed by atoms with E-state index in [1.807, 2.05) is 30.3 Å². The molecule has 3 aromatic rings. The average molecular weight is 300 g/mol. The first-order valence-corrected chi connectivity index (χ1v) is 7.14. The third-order valence-corrected chi connectivity index (χ3v) is 3.91. The Morgan fingerprint density at radius 3 is 2.81 bits per heavy atom. The number of amides is 1. The monoisotopic (exact) mass is 300 g/mol. The standard InChI is InChI=1S/C14H12N4O2S/c1-9(12-16-8-20-18-12)17-13(19)11-7-15-14(21-11)10-5-3-2-4-6-10/h2-9H,1H3,(H,17,19). The van der Waals surface area contributed by atoms with E-state index >= 15 is 0 Å². The number of hydrogen-bond acceptors (Lipinski definition) is 6. The van der Waals surface area contributed by atoms with Gasteiger partial charge in [-0.1, -0.05) is 35.5 Å². The molecule has 0 radical (unpaired) electrons. The minimum Gasteiger partial charge on any atom is -0.343 e. The Labute approximate surface area is 124 Å². The van der Waals surface area contributed by atoms with Crippen molar-refractivity contribution in [2.75, 3.05) is 0 Å². The van der Waals surface area contributed by atoms with Crippen LogP contribution in [0.15, 0.2) is 47.4 Å². The molecule has 1 N–H and O–H groups in total. The summed E-state index contributed by atoms with van der Waals surface area (Å²) in [4.78, 5) is 20.9. The lowest BCUT2D eigenvalue weighted by Crippen LogP contribution is -2.26. The molecule has 1 amide bonds. The van der Waals surface area contributed by atoms with Gasteiger partial charge in [-0.2, -0.15) is 4.98 Å². The van der Waals surface area contributed by atoms with E-state index in [9.17, 15) is 4.79 Å².